The largest absolute Gasteiger partial charge is 0.508 e. The number of ether oxygens (including phenoxy) is 1. The fraction of sp³-hybridized carbons (Fsp3) is 0.0526. The summed E-state index contributed by atoms with van der Waals surface area (Å²) in [7, 11) is 1.66. The summed E-state index contributed by atoms with van der Waals surface area (Å²) in [5.41, 5.74) is 2.76. The number of phenols is 1. The highest BCUT2D eigenvalue weighted by atomic mass is 32.1. The van der Waals surface area contributed by atoms with Crippen LogP contribution in [0.15, 0.2) is 60.9 Å². The van der Waals surface area contributed by atoms with Crippen molar-refractivity contribution in [2.75, 3.05) is 12.4 Å². The summed E-state index contributed by atoms with van der Waals surface area (Å²) in [4.78, 5) is 9.83. The average Bonchev–Trinajstić information content (AvgIpc) is 3.07. The van der Waals surface area contributed by atoms with Crippen LogP contribution in [0.5, 0.6) is 11.5 Å². The predicted molar refractivity (Wildman–Crippen MR) is 101 cm³/mol. The van der Waals surface area contributed by atoms with Gasteiger partial charge in [-0.3, -0.25) is 0 Å². The number of nitrogens with zero attached hydrogens (tertiary/aromatic N) is 2. The molecule has 4 rings (SSSR count). The Hall–Kier alpha value is -3.12. The fourth-order valence-electron chi connectivity index (χ4n) is 2.56. The summed E-state index contributed by atoms with van der Waals surface area (Å²) in [5, 5.41) is 12.9. The van der Waals surface area contributed by atoms with Crippen LogP contribution in [-0.4, -0.2) is 22.2 Å². The third-order valence-electron chi connectivity index (χ3n) is 3.79. The normalized spacial score (nSPS) is 10.8. The maximum absolute atomic E-state index is 9.62. The zero-order valence-corrected chi connectivity index (χ0v) is 14.2. The van der Waals surface area contributed by atoms with E-state index in [-0.39, 0.29) is 5.75 Å². The van der Waals surface area contributed by atoms with E-state index in [2.05, 4.69) is 21.4 Å². The van der Waals surface area contributed by atoms with E-state index in [4.69, 9.17) is 4.74 Å². The van der Waals surface area contributed by atoms with Crippen molar-refractivity contribution >= 4 is 33.1 Å². The molecule has 2 heterocycles. The Morgan fingerprint density at radius 2 is 1.88 bits per heavy atom. The molecule has 2 aromatic heterocycles. The van der Waals surface area contributed by atoms with Gasteiger partial charge in [0.2, 0.25) is 0 Å². The molecule has 0 amide bonds. The predicted octanol–water partition coefficient (Wildman–Crippen LogP) is 4.82. The van der Waals surface area contributed by atoms with Gasteiger partial charge in [-0.2, -0.15) is 0 Å². The van der Waals surface area contributed by atoms with Crippen LogP contribution in [0.25, 0.3) is 20.7 Å². The van der Waals surface area contributed by atoms with Gasteiger partial charge in [0.05, 0.1) is 17.3 Å². The Morgan fingerprint density at radius 1 is 1.04 bits per heavy atom. The molecule has 0 bridgehead atoms. The second kappa shape index (κ2) is 6.41. The number of aromatic hydroxyl groups is 1. The van der Waals surface area contributed by atoms with E-state index in [1.807, 2.05) is 30.3 Å². The van der Waals surface area contributed by atoms with Gasteiger partial charge in [-0.05, 0) is 48.0 Å². The van der Waals surface area contributed by atoms with E-state index in [1.165, 1.54) is 6.33 Å². The molecule has 2 N–H and O–H groups in total. The number of methoxy groups -OCH3 is 1. The number of benzene rings is 2. The molecule has 4 aromatic rings. The topological polar surface area (TPSA) is 67.3 Å². The third-order valence-corrected chi connectivity index (χ3v) is 4.97. The van der Waals surface area contributed by atoms with Gasteiger partial charge in [0.15, 0.2) is 5.82 Å². The summed E-state index contributed by atoms with van der Waals surface area (Å²) in [6.45, 7) is 0. The van der Waals surface area contributed by atoms with Gasteiger partial charge in [-0.15, -0.1) is 11.3 Å². The second-order valence-corrected chi connectivity index (χ2v) is 6.50. The van der Waals surface area contributed by atoms with Crippen molar-refractivity contribution in [3.63, 3.8) is 0 Å². The molecular formula is C19H15N3O2S. The molecule has 0 fully saturated rings. The maximum Gasteiger partial charge on any atom is 0.151 e. The number of anilines is 2. The van der Waals surface area contributed by atoms with E-state index >= 15 is 0 Å². The molecule has 0 saturated carbocycles. The standard InChI is InChI=1S/C19H15N3O2S/c1-24-15-7-5-12(6-8-15)17-10-16-18(25-17)19(21-11-20-16)22-13-3-2-4-14(23)9-13/h2-11,23H,1H3,(H,20,21,22). The van der Waals surface area contributed by atoms with Crippen molar-refractivity contribution < 1.29 is 9.84 Å². The van der Waals surface area contributed by atoms with Gasteiger partial charge in [0.1, 0.15) is 17.8 Å². The van der Waals surface area contributed by atoms with Gasteiger partial charge in [0, 0.05) is 16.6 Å². The summed E-state index contributed by atoms with van der Waals surface area (Å²) in [6, 6.07) is 16.9. The Balaban J connectivity index is 1.73. The SMILES string of the molecule is COc1ccc(-c2cc3ncnc(Nc4cccc(O)c4)c3s2)cc1. The van der Waals surface area contributed by atoms with Crippen LogP contribution in [0, 0.1) is 0 Å². The molecule has 124 valence electrons. The van der Waals surface area contributed by atoms with Crippen LogP contribution < -0.4 is 10.1 Å². The van der Waals surface area contributed by atoms with Gasteiger partial charge < -0.3 is 15.2 Å². The smallest absolute Gasteiger partial charge is 0.151 e. The first-order chi connectivity index (χ1) is 12.2. The fourth-order valence-corrected chi connectivity index (χ4v) is 3.62. The lowest BCUT2D eigenvalue weighted by molar-refractivity contribution is 0.415. The molecule has 0 spiro atoms. The molecule has 0 unspecified atom stereocenters. The van der Waals surface area contributed by atoms with Gasteiger partial charge >= 0.3 is 0 Å². The highest BCUT2D eigenvalue weighted by molar-refractivity contribution is 7.22. The lowest BCUT2D eigenvalue weighted by Crippen LogP contribution is -1.93. The quantitative estimate of drug-likeness (QED) is 0.553. The van der Waals surface area contributed by atoms with Crippen LogP contribution >= 0.6 is 11.3 Å². The molecule has 0 radical (unpaired) electrons. The van der Waals surface area contributed by atoms with Gasteiger partial charge in [-0.1, -0.05) is 6.07 Å². The minimum Gasteiger partial charge on any atom is -0.508 e. The number of rotatable bonds is 4. The average molecular weight is 349 g/mol. The summed E-state index contributed by atoms with van der Waals surface area (Å²) in [5.74, 6) is 1.76. The molecule has 0 aliphatic heterocycles. The Bertz CT molecular complexity index is 1030. The monoisotopic (exact) mass is 349 g/mol. The van der Waals surface area contributed by atoms with Crippen LogP contribution in [0.1, 0.15) is 0 Å². The molecule has 6 heteroatoms. The number of aromatic nitrogens is 2. The van der Waals surface area contributed by atoms with E-state index in [9.17, 15) is 5.11 Å². The lowest BCUT2D eigenvalue weighted by atomic mass is 10.2. The number of phenolic OH excluding ortho intramolecular Hbond substituents is 1. The van der Waals surface area contributed by atoms with Crippen molar-refractivity contribution in [3.05, 3.63) is 60.9 Å². The highest BCUT2D eigenvalue weighted by Crippen LogP contribution is 2.37. The summed E-state index contributed by atoms with van der Waals surface area (Å²) >= 11 is 1.62. The van der Waals surface area contributed by atoms with Crippen molar-refractivity contribution in [3.8, 4) is 21.9 Å². The summed E-state index contributed by atoms with van der Waals surface area (Å²) in [6.07, 6.45) is 1.54. The van der Waals surface area contributed by atoms with E-state index in [0.717, 1.165) is 37.9 Å². The summed E-state index contributed by atoms with van der Waals surface area (Å²) < 4.78 is 6.18. The van der Waals surface area contributed by atoms with Crippen molar-refractivity contribution in [1.29, 1.82) is 0 Å². The van der Waals surface area contributed by atoms with Gasteiger partial charge in [-0.25, -0.2) is 9.97 Å². The molecule has 5 nitrogen and oxygen atoms in total. The molecule has 0 aliphatic rings. The first-order valence-corrected chi connectivity index (χ1v) is 8.49. The van der Waals surface area contributed by atoms with Crippen LogP contribution in [0.2, 0.25) is 0 Å². The Morgan fingerprint density at radius 3 is 2.64 bits per heavy atom. The Kier molecular flexibility index (Phi) is 3.95. The van der Waals surface area contributed by atoms with Crippen LogP contribution in [-0.2, 0) is 0 Å². The van der Waals surface area contributed by atoms with E-state index < -0.39 is 0 Å². The van der Waals surface area contributed by atoms with Crippen molar-refractivity contribution in [2.45, 2.75) is 0 Å². The van der Waals surface area contributed by atoms with Crippen LogP contribution in [0.4, 0.5) is 11.5 Å². The number of hydrogen-bond donors (Lipinski definition) is 2. The Labute approximate surface area is 148 Å². The molecule has 2 aromatic carbocycles. The molecule has 0 atom stereocenters. The maximum atomic E-state index is 9.62. The van der Waals surface area contributed by atoms with E-state index in [0.29, 0.717) is 0 Å². The number of nitrogens with one attached hydrogen (secondary N) is 1. The third kappa shape index (κ3) is 3.12. The zero-order chi connectivity index (χ0) is 17.2. The lowest BCUT2D eigenvalue weighted by Gasteiger charge is -2.06. The molecular weight excluding hydrogens is 334 g/mol. The first-order valence-electron chi connectivity index (χ1n) is 7.68. The molecule has 25 heavy (non-hydrogen) atoms. The van der Waals surface area contributed by atoms with Crippen molar-refractivity contribution in [1.82, 2.24) is 9.97 Å². The number of thiophene rings is 1. The molecule has 0 saturated heterocycles. The number of hydrogen-bond acceptors (Lipinski definition) is 6. The first kappa shape index (κ1) is 15.4. The second-order valence-electron chi connectivity index (χ2n) is 5.45. The molecule has 0 aliphatic carbocycles. The minimum atomic E-state index is 0.209. The minimum absolute atomic E-state index is 0.209. The highest BCUT2D eigenvalue weighted by Gasteiger charge is 2.11. The van der Waals surface area contributed by atoms with Gasteiger partial charge in [0.25, 0.3) is 0 Å². The van der Waals surface area contributed by atoms with Crippen molar-refractivity contribution in [2.24, 2.45) is 0 Å². The van der Waals surface area contributed by atoms with Crippen LogP contribution in [0.3, 0.4) is 0 Å². The zero-order valence-electron chi connectivity index (χ0n) is 13.4. The van der Waals surface area contributed by atoms with E-state index in [1.54, 1.807) is 36.6 Å². The number of fused-ring (bicyclic) bond motifs is 1.